The molecule has 5 nitrogen and oxygen atoms in total. The molecule has 0 amide bonds. The second kappa shape index (κ2) is 5.54. The van der Waals surface area contributed by atoms with Crippen LogP contribution in [0.15, 0.2) is 24.3 Å². The van der Waals surface area contributed by atoms with Crippen molar-refractivity contribution in [2.45, 2.75) is 32.7 Å². The molecule has 2 aromatic heterocycles. The van der Waals surface area contributed by atoms with Crippen molar-refractivity contribution >= 4 is 11.6 Å². The van der Waals surface area contributed by atoms with Crippen molar-refractivity contribution in [1.29, 1.82) is 0 Å². The Kier molecular flexibility index (Phi) is 3.60. The van der Waals surface area contributed by atoms with Crippen LogP contribution in [0.3, 0.4) is 0 Å². The number of aryl methyl sites for hydroxylation is 2. The van der Waals surface area contributed by atoms with Gasteiger partial charge in [0.05, 0.1) is 6.04 Å². The zero-order valence-corrected chi connectivity index (χ0v) is 11.8. The Hall–Kier alpha value is -2.01. The van der Waals surface area contributed by atoms with Crippen LogP contribution in [-0.2, 0) is 0 Å². The number of hydrogen-bond acceptors (Lipinski definition) is 5. The van der Waals surface area contributed by atoms with Gasteiger partial charge in [0.2, 0.25) is 0 Å². The Balaban J connectivity index is 1.85. The number of nitrogens with one attached hydrogen (secondary N) is 2. The van der Waals surface area contributed by atoms with Crippen molar-refractivity contribution in [1.82, 2.24) is 20.3 Å². The maximum Gasteiger partial charge on any atom is 0.147 e. The second-order valence-electron chi connectivity index (χ2n) is 5.19. The second-order valence-corrected chi connectivity index (χ2v) is 5.19. The molecule has 0 bridgehead atoms. The molecule has 1 unspecified atom stereocenters. The topological polar surface area (TPSA) is 62.7 Å². The van der Waals surface area contributed by atoms with Crippen LogP contribution in [0.2, 0.25) is 0 Å². The minimum atomic E-state index is 0.279. The molecule has 5 heteroatoms. The molecule has 1 saturated heterocycles. The first kappa shape index (κ1) is 13.0. The fraction of sp³-hybridized carbons (Fsp3) is 0.400. The number of hydrogen-bond donors (Lipinski definition) is 2. The lowest BCUT2D eigenvalue weighted by atomic mass is 10.2. The highest BCUT2D eigenvalue weighted by Gasteiger charge is 2.19. The summed E-state index contributed by atoms with van der Waals surface area (Å²) < 4.78 is 0. The van der Waals surface area contributed by atoms with E-state index >= 15 is 0 Å². The monoisotopic (exact) mass is 269 g/mol. The van der Waals surface area contributed by atoms with E-state index in [1.54, 1.807) is 0 Å². The van der Waals surface area contributed by atoms with E-state index in [1.807, 2.05) is 38.1 Å². The minimum Gasteiger partial charge on any atom is -0.325 e. The molecule has 3 heterocycles. The number of aromatic nitrogens is 3. The van der Waals surface area contributed by atoms with Crippen LogP contribution < -0.4 is 10.6 Å². The maximum atomic E-state index is 4.62. The first-order chi connectivity index (χ1) is 9.70. The molecule has 20 heavy (non-hydrogen) atoms. The third kappa shape index (κ3) is 2.93. The summed E-state index contributed by atoms with van der Waals surface area (Å²) in [7, 11) is 0. The van der Waals surface area contributed by atoms with Gasteiger partial charge in [0.15, 0.2) is 0 Å². The van der Waals surface area contributed by atoms with E-state index in [0.29, 0.717) is 0 Å². The lowest BCUT2D eigenvalue weighted by molar-refractivity contribution is 0.603. The van der Waals surface area contributed by atoms with Gasteiger partial charge in [0.1, 0.15) is 17.5 Å². The van der Waals surface area contributed by atoms with Crippen molar-refractivity contribution in [3.8, 4) is 0 Å². The average molecular weight is 269 g/mol. The van der Waals surface area contributed by atoms with Crippen molar-refractivity contribution < 1.29 is 0 Å². The normalized spacial score (nSPS) is 18.2. The Labute approximate surface area is 118 Å². The molecule has 0 aromatic carbocycles. The first-order valence-corrected chi connectivity index (χ1v) is 7.00. The third-order valence-corrected chi connectivity index (χ3v) is 3.39. The SMILES string of the molecule is Cc1cccc(Nc2cc(C)nc(C3CCCN3)n2)n1. The Morgan fingerprint density at radius 2 is 2.00 bits per heavy atom. The average Bonchev–Trinajstić information content (AvgIpc) is 2.91. The molecule has 2 N–H and O–H groups in total. The summed E-state index contributed by atoms with van der Waals surface area (Å²) in [6.45, 7) is 5.02. The summed E-state index contributed by atoms with van der Waals surface area (Å²) >= 11 is 0. The molecule has 1 aliphatic heterocycles. The molecule has 1 aliphatic rings. The summed E-state index contributed by atoms with van der Waals surface area (Å²) in [6, 6.07) is 8.13. The molecule has 0 saturated carbocycles. The van der Waals surface area contributed by atoms with Gasteiger partial charge in [-0.05, 0) is 45.4 Å². The third-order valence-electron chi connectivity index (χ3n) is 3.39. The van der Waals surface area contributed by atoms with Gasteiger partial charge in [-0.25, -0.2) is 15.0 Å². The maximum absolute atomic E-state index is 4.62. The lowest BCUT2D eigenvalue weighted by Crippen LogP contribution is -2.17. The van der Waals surface area contributed by atoms with Gasteiger partial charge >= 0.3 is 0 Å². The highest BCUT2D eigenvalue weighted by atomic mass is 15.1. The predicted molar refractivity (Wildman–Crippen MR) is 79.0 cm³/mol. The highest BCUT2D eigenvalue weighted by Crippen LogP contribution is 2.22. The van der Waals surface area contributed by atoms with Crippen LogP contribution in [0.4, 0.5) is 11.6 Å². The van der Waals surface area contributed by atoms with Crippen LogP contribution in [0.25, 0.3) is 0 Å². The molecular weight excluding hydrogens is 250 g/mol. The van der Waals surface area contributed by atoms with E-state index in [9.17, 15) is 0 Å². The minimum absolute atomic E-state index is 0.279. The van der Waals surface area contributed by atoms with Crippen molar-refractivity contribution in [3.63, 3.8) is 0 Å². The summed E-state index contributed by atoms with van der Waals surface area (Å²) in [5, 5.41) is 6.69. The predicted octanol–water partition coefficient (Wildman–Crippen LogP) is 2.66. The molecule has 3 rings (SSSR count). The van der Waals surface area contributed by atoms with Crippen LogP contribution in [0, 0.1) is 13.8 Å². The summed E-state index contributed by atoms with van der Waals surface area (Å²) in [6.07, 6.45) is 2.29. The van der Waals surface area contributed by atoms with E-state index in [2.05, 4.69) is 25.6 Å². The van der Waals surface area contributed by atoms with Crippen LogP contribution in [0.1, 0.15) is 36.1 Å². The fourth-order valence-electron chi connectivity index (χ4n) is 2.46. The smallest absolute Gasteiger partial charge is 0.147 e. The summed E-state index contributed by atoms with van der Waals surface area (Å²) in [5.74, 6) is 2.49. The molecule has 0 radical (unpaired) electrons. The van der Waals surface area contributed by atoms with Crippen LogP contribution in [0.5, 0.6) is 0 Å². The molecule has 1 atom stereocenters. The summed E-state index contributed by atoms with van der Waals surface area (Å²) in [5.41, 5.74) is 1.96. The van der Waals surface area contributed by atoms with Gasteiger partial charge in [-0.2, -0.15) is 0 Å². The Bertz CT molecular complexity index is 605. The standard InChI is InChI=1S/C15H19N5/c1-10-5-3-7-13(17-10)19-14-9-11(2)18-15(20-14)12-6-4-8-16-12/h3,5,7,9,12,16H,4,6,8H2,1-2H3,(H,17,18,19,20). The zero-order chi connectivity index (χ0) is 13.9. The number of nitrogens with zero attached hydrogens (tertiary/aromatic N) is 3. The van der Waals surface area contributed by atoms with Gasteiger partial charge in [-0.3, -0.25) is 0 Å². The van der Waals surface area contributed by atoms with E-state index in [4.69, 9.17) is 0 Å². The van der Waals surface area contributed by atoms with Crippen LogP contribution in [-0.4, -0.2) is 21.5 Å². The van der Waals surface area contributed by atoms with E-state index in [1.165, 1.54) is 6.42 Å². The van der Waals surface area contributed by atoms with Crippen molar-refractivity contribution in [3.05, 3.63) is 41.5 Å². The summed E-state index contributed by atoms with van der Waals surface area (Å²) in [4.78, 5) is 13.6. The van der Waals surface area contributed by atoms with E-state index < -0.39 is 0 Å². The first-order valence-electron chi connectivity index (χ1n) is 7.00. The quantitative estimate of drug-likeness (QED) is 0.897. The molecule has 2 aromatic rings. The van der Waals surface area contributed by atoms with Gasteiger partial charge in [0.25, 0.3) is 0 Å². The largest absolute Gasteiger partial charge is 0.325 e. The van der Waals surface area contributed by atoms with Crippen molar-refractivity contribution in [2.75, 3.05) is 11.9 Å². The molecule has 1 fully saturated rings. The van der Waals surface area contributed by atoms with Crippen LogP contribution >= 0.6 is 0 Å². The Morgan fingerprint density at radius 3 is 2.75 bits per heavy atom. The highest BCUT2D eigenvalue weighted by molar-refractivity contribution is 5.52. The van der Waals surface area contributed by atoms with E-state index in [-0.39, 0.29) is 6.04 Å². The fourth-order valence-corrected chi connectivity index (χ4v) is 2.46. The molecular formula is C15H19N5. The lowest BCUT2D eigenvalue weighted by Gasteiger charge is -2.12. The van der Waals surface area contributed by atoms with Gasteiger partial charge in [0, 0.05) is 17.5 Å². The van der Waals surface area contributed by atoms with Gasteiger partial charge in [-0.1, -0.05) is 6.07 Å². The molecule has 0 aliphatic carbocycles. The molecule has 104 valence electrons. The number of rotatable bonds is 3. The number of anilines is 2. The Morgan fingerprint density at radius 1 is 1.10 bits per heavy atom. The van der Waals surface area contributed by atoms with Gasteiger partial charge in [-0.15, -0.1) is 0 Å². The van der Waals surface area contributed by atoms with Crippen molar-refractivity contribution in [2.24, 2.45) is 0 Å². The zero-order valence-electron chi connectivity index (χ0n) is 11.8. The van der Waals surface area contributed by atoms with E-state index in [0.717, 1.165) is 41.8 Å². The van der Waals surface area contributed by atoms with Gasteiger partial charge < -0.3 is 10.6 Å². The molecule has 0 spiro atoms. The number of pyridine rings is 1.